The number of ether oxygens (including phenoxy) is 1. The molecule has 1 unspecified atom stereocenters. The fourth-order valence-corrected chi connectivity index (χ4v) is 1.49. The zero-order valence-electron chi connectivity index (χ0n) is 7.77. The first-order chi connectivity index (χ1) is 6.70. The maximum atomic E-state index is 11.6. The molecule has 0 N–H and O–H groups in total. The molecule has 2 rings (SSSR count). The van der Waals surface area contributed by atoms with E-state index < -0.39 is 6.04 Å². The molecule has 74 valence electrons. The normalized spacial score (nSPS) is 20.9. The highest BCUT2D eigenvalue weighted by atomic mass is 16.5. The first-order valence-electron chi connectivity index (χ1n) is 4.39. The molecule has 1 fully saturated rings. The first kappa shape index (κ1) is 8.93. The van der Waals surface area contributed by atoms with E-state index in [4.69, 9.17) is 4.74 Å². The lowest BCUT2D eigenvalue weighted by atomic mass is 10.2. The van der Waals surface area contributed by atoms with E-state index >= 15 is 0 Å². The van der Waals surface area contributed by atoms with Crippen LogP contribution in [0.4, 0.5) is 0 Å². The molecular weight excluding hydrogens is 184 g/mol. The molecule has 2 heterocycles. The van der Waals surface area contributed by atoms with Crippen molar-refractivity contribution in [2.45, 2.75) is 19.4 Å². The Morgan fingerprint density at radius 2 is 2.36 bits per heavy atom. The zero-order chi connectivity index (χ0) is 10.1. The maximum absolute atomic E-state index is 11.6. The molecule has 0 aliphatic carbocycles. The van der Waals surface area contributed by atoms with Gasteiger partial charge in [-0.25, -0.2) is 9.78 Å². The standard InChI is InChI=1S/C9H10N2O3/c1-6-4-10-5-11(8(6)12)7-2-3-14-9(7)13/h4-5,7H,2-3H2,1H3. The van der Waals surface area contributed by atoms with Gasteiger partial charge in [0.15, 0.2) is 0 Å². The van der Waals surface area contributed by atoms with Crippen LogP contribution in [0.3, 0.4) is 0 Å². The van der Waals surface area contributed by atoms with E-state index in [9.17, 15) is 9.59 Å². The van der Waals surface area contributed by atoms with Gasteiger partial charge in [-0.15, -0.1) is 0 Å². The van der Waals surface area contributed by atoms with Gasteiger partial charge in [-0.2, -0.15) is 0 Å². The van der Waals surface area contributed by atoms with Crippen LogP contribution in [0.2, 0.25) is 0 Å². The van der Waals surface area contributed by atoms with Crippen molar-refractivity contribution in [3.05, 3.63) is 28.4 Å². The van der Waals surface area contributed by atoms with Crippen LogP contribution in [0, 0.1) is 6.92 Å². The number of hydrogen-bond donors (Lipinski definition) is 0. The van der Waals surface area contributed by atoms with Gasteiger partial charge in [-0.1, -0.05) is 0 Å². The van der Waals surface area contributed by atoms with Crippen molar-refractivity contribution < 1.29 is 9.53 Å². The van der Waals surface area contributed by atoms with E-state index in [1.54, 1.807) is 6.92 Å². The third-order valence-corrected chi connectivity index (χ3v) is 2.27. The van der Waals surface area contributed by atoms with Gasteiger partial charge in [0, 0.05) is 18.2 Å². The average Bonchev–Trinajstić information content (AvgIpc) is 2.57. The topological polar surface area (TPSA) is 61.2 Å². The Labute approximate surface area is 80.3 Å². The highest BCUT2D eigenvalue weighted by Crippen LogP contribution is 2.17. The van der Waals surface area contributed by atoms with Crippen LogP contribution >= 0.6 is 0 Å². The van der Waals surface area contributed by atoms with E-state index in [0.717, 1.165) is 0 Å². The molecule has 0 bridgehead atoms. The molecular formula is C9H10N2O3. The lowest BCUT2D eigenvalue weighted by Crippen LogP contribution is -2.28. The Bertz CT molecular complexity index is 424. The van der Waals surface area contributed by atoms with E-state index in [-0.39, 0.29) is 11.5 Å². The molecule has 5 heteroatoms. The van der Waals surface area contributed by atoms with Crippen molar-refractivity contribution in [3.8, 4) is 0 Å². The number of aromatic nitrogens is 2. The summed E-state index contributed by atoms with van der Waals surface area (Å²) in [5, 5.41) is 0. The number of hydrogen-bond acceptors (Lipinski definition) is 4. The monoisotopic (exact) mass is 194 g/mol. The summed E-state index contributed by atoms with van der Waals surface area (Å²) >= 11 is 0. The predicted molar refractivity (Wildman–Crippen MR) is 47.8 cm³/mol. The van der Waals surface area contributed by atoms with Crippen LogP contribution < -0.4 is 5.56 Å². The molecule has 0 aromatic carbocycles. The van der Waals surface area contributed by atoms with E-state index in [1.165, 1.54) is 17.1 Å². The van der Waals surface area contributed by atoms with E-state index in [2.05, 4.69) is 4.98 Å². The molecule has 0 amide bonds. The zero-order valence-corrected chi connectivity index (χ0v) is 7.77. The third kappa shape index (κ3) is 1.30. The Kier molecular flexibility index (Phi) is 2.07. The van der Waals surface area contributed by atoms with Crippen molar-refractivity contribution >= 4 is 5.97 Å². The van der Waals surface area contributed by atoms with Crippen molar-refractivity contribution in [1.82, 2.24) is 9.55 Å². The number of nitrogens with zero attached hydrogens (tertiary/aromatic N) is 2. The van der Waals surface area contributed by atoms with Gasteiger partial charge in [0.25, 0.3) is 5.56 Å². The van der Waals surface area contributed by atoms with Gasteiger partial charge in [0.1, 0.15) is 6.04 Å². The number of cyclic esters (lactones) is 1. The molecule has 1 saturated heterocycles. The van der Waals surface area contributed by atoms with Gasteiger partial charge in [0.05, 0.1) is 12.9 Å². The van der Waals surface area contributed by atoms with Crippen LogP contribution in [0.5, 0.6) is 0 Å². The smallest absolute Gasteiger partial charge is 0.329 e. The molecule has 0 radical (unpaired) electrons. The Morgan fingerprint density at radius 1 is 1.57 bits per heavy atom. The molecule has 1 aliphatic rings. The number of carbonyl (C=O) groups excluding carboxylic acids is 1. The van der Waals surface area contributed by atoms with Crippen LogP contribution in [0.25, 0.3) is 0 Å². The summed E-state index contributed by atoms with van der Waals surface area (Å²) < 4.78 is 6.13. The lowest BCUT2D eigenvalue weighted by Gasteiger charge is -2.08. The predicted octanol–water partition coefficient (Wildman–Crippen LogP) is 0.0397. The highest BCUT2D eigenvalue weighted by molar-refractivity contribution is 5.75. The maximum Gasteiger partial charge on any atom is 0.329 e. The Morgan fingerprint density at radius 3 is 3.00 bits per heavy atom. The Balaban J connectivity index is 2.46. The summed E-state index contributed by atoms with van der Waals surface area (Å²) in [5.41, 5.74) is 0.357. The molecule has 1 aromatic heterocycles. The van der Waals surface area contributed by atoms with E-state index in [1.807, 2.05) is 0 Å². The Hall–Kier alpha value is -1.65. The van der Waals surface area contributed by atoms with E-state index in [0.29, 0.717) is 18.6 Å². The third-order valence-electron chi connectivity index (χ3n) is 2.27. The molecule has 1 aliphatic heterocycles. The summed E-state index contributed by atoms with van der Waals surface area (Å²) in [4.78, 5) is 26.7. The lowest BCUT2D eigenvalue weighted by molar-refractivity contribution is -0.140. The number of aryl methyl sites for hydroxylation is 1. The van der Waals surface area contributed by atoms with Crippen LogP contribution in [0.15, 0.2) is 17.3 Å². The second kappa shape index (κ2) is 3.25. The van der Waals surface area contributed by atoms with Crippen molar-refractivity contribution in [2.24, 2.45) is 0 Å². The average molecular weight is 194 g/mol. The second-order valence-electron chi connectivity index (χ2n) is 3.26. The molecule has 0 saturated carbocycles. The van der Waals surface area contributed by atoms with Crippen molar-refractivity contribution in [3.63, 3.8) is 0 Å². The summed E-state index contributed by atoms with van der Waals surface area (Å²) in [5.74, 6) is -0.348. The van der Waals surface area contributed by atoms with Gasteiger partial charge in [0.2, 0.25) is 0 Å². The van der Waals surface area contributed by atoms with Gasteiger partial charge in [-0.05, 0) is 6.92 Å². The molecule has 5 nitrogen and oxygen atoms in total. The summed E-state index contributed by atoms with van der Waals surface area (Å²) in [7, 11) is 0. The largest absolute Gasteiger partial charge is 0.464 e. The van der Waals surface area contributed by atoms with Crippen LogP contribution in [0.1, 0.15) is 18.0 Å². The van der Waals surface area contributed by atoms with Gasteiger partial charge >= 0.3 is 5.97 Å². The highest BCUT2D eigenvalue weighted by Gasteiger charge is 2.29. The van der Waals surface area contributed by atoms with Gasteiger partial charge in [-0.3, -0.25) is 9.36 Å². The fraction of sp³-hybridized carbons (Fsp3) is 0.444. The molecule has 1 aromatic rings. The SMILES string of the molecule is Cc1cncn(C2CCOC2=O)c1=O. The summed E-state index contributed by atoms with van der Waals surface area (Å²) in [6, 6.07) is -0.491. The number of rotatable bonds is 1. The number of carbonyl (C=O) groups is 1. The first-order valence-corrected chi connectivity index (χ1v) is 4.39. The quantitative estimate of drug-likeness (QED) is 0.592. The number of esters is 1. The fourth-order valence-electron chi connectivity index (χ4n) is 1.49. The summed E-state index contributed by atoms with van der Waals surface area (Å²) in [6.07, 6.45) is 3.41. The molecule has 14 heavy (non-hydrogen) atoms. The molecule has 1 atom stereocenters. The van der Waals surface area contributed by atoms with Crippen LogP contribution in [-0.4, -0.2) is 22.1 Å². The minimum absolute atomic E-state index is 0.177. The van der Waals surface area contributed by atoms with Crippen molar-refractivity contribution in [1.29, 1.82) is 0 Å². The minimum atomic E-state index is -0.491. The van der Waals surface area contributed by atoms with Crippen molar-refractivity contribution in [2.75, 3.05) is 6.61 Å². The second-order valence-corrected chi connectivity index (χ2v) is 3.26. The van der Waals surface area contributed by atoms with Gasteiger partial charge < -0.3 is 4.74 Å². The summed E-state index contributed by atoms with van der Waals surface area (Å²) in [6.45, 7) is 2.05. The minimum Gasteiger partial charge on any atom is -0.464 e. The molecule has 0 spiro atoms. The van der Waals surface area contributed by atoms with Crippen LogP contribution in [-0.2, 0) is 9.53 Å².